The van der Waals surface area contributed by atoms with Crippen molar-refractivity contribution in [2.75, 3.05) is 20.3 Å². The lowest BCUT2D eigenvalue weighted by Crippen LogP contribution is -2.36. The van der Waals surface area contributed by atoms with Crippen LogP contribution in [-0.2, 0) is 4.74 Å². The predicted octanol–water partition coefficient (Wildman–Crippen LogP) is 1.77. The highest BCUT2D eigenvalue weighted by molar-refractivity contribution is 6.02. The molecule has 134 valence electrons. The molecule has 7 heteroatoms. The van der Waals surface area contributed by atoms with E-state index in [1.54, 1.807) is 23.8 Å². The number of hydrogen-bond donors (Lipinski definition) is 2. The third-order valence-corrected chi connectivity index (χ3v) is 4.50. The van der Waals surface area contributed by atoms with E-state index in [1.165, 1.54) is 6.42 Å². The van der Waals surface area contributed by atoms with E-state index in [2.05, 4.69) is 15.6 Å². The lowest BCUT2D eigenvalue weighted by molar-refractivity contribution is 0.0924. The minimum atomic E-state index is -0.324. The minimum Gasteiger partial charge on any atom is -0.383 e. The fraction of sp³-hybridized carbons (Fsp3) is 0.500. The van der Waals surface area contributed by atoms with E-state index in [9.17, 15) is 9.59 Å². The first-order chi connectivity index (χ1) is 12.2. The Hall–Kier alpha value is -2.41. The number of aromatic nitrogens is 2. The van der Waals surface area contributed by atoms with E-state index >= 15 is 0 Å². The van der Waals surface area contributed by atoms with Crippen molar-refractivity contribution in [2.24, 2.45) is 0 Å². The van der Waals surface area contributed by atoms with Crippen LogP contribution >= 0.6 is 0 Å². The summed E-state index contributed by atoms with van der Waals surface area (Å²) in [6, 6.07) is 5.64. The predicted molar refractivity (Wildman–Crippen MR) is 93.7 cm³/mol. The van der Waals surface area contributed by atoms with Crippen LogP contribution in [0.15, 0.2) is 24.4 Å². The van der Waals surface area contributed by atoms with Crippen LogP contribution in [0, 0.1) is 0 Å². The number of rotatable bonds is 6. The second-order valence-electron chi connectivity index (χ2n) is 6.30. The van der Waals surface area contributed by atoms with Gasteiger partial charge >= 0.3 is 0 Å². The molecule has 1 aliphatic rings. The van der Waals surface area contributed by atoms with Crippen LogP contribution in [0.2, 0.25) is 0 Å². The van der Waals surface area contributed by atoms with Gasteiger partial charge in [-0.1, -0.05) is 25.3 Å². The number of carbonyl (C=O) groups is 2. The molecule has 3 rings (SSSR count). The molecule has 2 aromatic heterocycles. The molecule has 0 bridgehead atoms. The highest BCUT2D eigenvalue weighted by Gasteiger charge is 2.23. The summed E-state index contributed by atoms with van der Waals surface area (Å²) in [6.45, 7) is 0.810. The number of pyridine rings is 1. The second kappa shape index (κ2) is 8.11. The van der Waals surface area contributed by atoms with E-state index in [0.29, 0.717) is 24.4 Å². The van der Waals surface area contributed by atoms with Crippen molar-refractivity contribution in [3.05, 3.63) is 35.9 Å². The van der Waals surface area contributed by atoms with Gasteiger partial charge in [0.1, 0.15) is 0 Å². The molecule has 2 aromatic rings. The zero-order valence-corrected chi connectivity index (χ0v) is 14.5. The molecule has 0 spiro atoms. The summed E-state index contributed by atoms with van der Waals surface area (Å²) in [4.78, 5) is 29.4. The number of amides is 2. The molecule has 0 atom stereocenters. The molecule has 1 saturated carbocycles. The number of nitrogens with zero attached hydrogens (tertiary/aromatic N) is 2. The van der Waals surface area contributed by atoms with Crippen molar-refractivity contribution in [3.8, 4) is 0 Å². The summed E-state index contributed by atoms with van der Waals surface area (Å²) in [6.07, 6.45) is 7.25. The van der Waals surface area contributed by atoms with E-state index in [4.69, 9.17) is 4.74 Å². The SMILES string of the molecule is COCCNC(=O)c1nc(C(=O)NC2CCCCC2)c2ccccn12. The summed E-state index contributed by atoms with van der Waals surface area (Å²) in [5, 5.41) is 5.81. The van der Waals surface area contributed by atoms with Crippen LogP contribution < -0.4 is 10.6 Å². The number of hydrogen-bond acceptors (Lipinski definition) is 4. The standard InChI is InChI=1S/C18H24N4O3/c1-25-12-10-19-18(24)16-21-15(14-9-5-6-11-22(14)16)17(23)20-13-7-3-2-4-8-13/h5-6,9,11,13H,2-4,7-8,10,12H2,1H3,(H,19,24)(H,20,23). The Balaban J connectivity index is 1.82. The third-order valence-electron chi connectivity index (χ3n) is 4.50. The topological polar surface area (TPSA) is 84.7 Å². The van der Waals surface area contributed by atoms with Crippen molar-refractivity contribution >= 4 is 17.3 Å². The maximum Gasteiger partial charge on any atom is 0.287 e. The summed E-state index contributed by atoms with van der Waals surface area (Å²) in [7, 11) is 1.57. The average molecular weight is 344 g/mol. The largest absolute Gasteiger partial charge is 0.383 e. The van der Waals surface area contributed by atoms with Crippen LogP contribution in [0.3, 0.4) is 0 Å². The molecule has 1 fully saturated rings. The minimum absolute atomic E-state index is 0.195. The van der Waals surface area contributed by atoms with Crippen molar-refractivity contribution < 1.29 is 14.3 Å². The summed E-state index contributed by atoms with van der Waals surface area (Å²) in [5.74, 6) is -0.331. The highest BCUT2D eigenvalue weighted by atomic mass is 16.5. The fourth-order valence-electron chi connectivity index (χ4n) is 3.21. The van der Waals surface area contributed by atoms with E-state index in [0.717, 1.165) is 25.7 Å². The zero-order valence-electron chi connectivity index (χ0n) is 14.5. The average Bonchev–Trinajstić information content (AvgIpc) is 3.03. The molecule has 0 unspecified atom stereocenters. The van der Waals surface area contributed by atoms with Gasteiger partial charge in [0, 0.05) is 25.9 Å². The summed E-state index contributed by atoms with van der Waals surface area (Å²) < 4.78 is 6.59. The number of ether oxygens (including phenoxy) is 1. The zero-order chi connectivity index (χ0) is 17.6. The molecule has 0 radical (unpaired) electrons. The second-order valence-corrected chi connectivity index (χ2v) is 6.30. The van der Waals surface area contributed by atoms with Crippen LogP contribution in [0.5, 0.6) is 0 Å². The van der Waals surface area contributed by atoms with Crippen molar-refractivity contribution in [2.45, 2.75) is 38.1 Å². The highest BCUT2D eigenvalue weighted by Crippen LogP contribution is 2.19. The Kier molecular flexibility index (Phi) is 5.65. The van der Waals surface area contributed by atoms with Gasteiger partial charge < -0.3 is 15.4 Å². The Morgan fingerprint density at radius 2 is 2.04 bits per heavy atom. The van der Waals surface area contributed by atoms with Gasteiger partial charge in [-0.15, -0.1) is 0 Å². The number of fused-ring (bicyclic) bond motifs is 1. The van der Waals surface area contributed by atoms with Gasteiger partial charge in [0.25, 0.3) is 11.8 Å². The first-order valence-corrected chi connectivity index (χ1v) is 8.76. The third kappa shape index (κ3) is 3.99. The van der Waals surface area contributed by atoms with Crippen LogP contribution in [0.25, 0.3) is 5.52 Å². The lowest BCUT2D eigenvalue weighted by Gasteiger charge is -2.22. The molecule has 1 aliphatic carbocycles. The monoisotopic (exact) mass is 344 g/mol. The summed E-state index contributed by atoms with van der Waals surface area (Å²) >= 11 is 0. The Morgan fingerprint density at radius 1 is 1.24 bits per heavy atom. The van der Waals surface area contributed by atoms with Gasteiger partial charge in [0.15, 0.2) is 5.69 Å². The molecule has 0 saturated heterocycles. The molecule has 7 nitrogen and oxygen atoms in total. The maximum atomic E-state index is 12.7. The molecular formula is C18H24N4O3. The van der Waals surface area contributed by atoms with E-state index in [-0.39, 0.29) is 23.7 Å². The molecule has 25 heavy (non-hydrogen) atoms. The molecule has 0 aliphatic heterocycles. The number of carbonyl (C=O) groups excluding carboxylic acids is 2. The number of nitrogens with one attached hydrogen (secondary N) is 2. The molecule has 2 heterocycles. The van der Waals surface area contributed by atoms with Crippen molar-refractivity contribution in [3.63, 3.8) is 0 Å². The van der Waals surface area contributed by atoms with Gasteiger partial charge in [0.05, 0.1) is 12.1 Å². The van der Waals surface area contributed by atoms with Crippen LogP contribution in [0.4, 0.5) is 0 Å². The Morgan fingerprint density at radius 3 is 2.80 bits per heavy atom. The molecule has 0 aromatic carbocycles. The Bertz CT molecular complexity index is 750. The lowest BCUT2D eigenvalue weighted by atomic mass is 9.95. The first kappa shape index (κ1) is 17.4. The number of imidazole rings is 1. The number of methoxy groups -OCH3 is 1. The normalized spacial score (nSPS) is 15.2. The quantitative estimate of drug-likeness (QED) is 0.782. The molecular weight excluding hydrogens is 320 g/mol. The van der Waals surface area contributed by atoms with E-state index in [1.807, 2.05) is 12.1 Å². The summed E-state index contributed by atoms with van der Waals surface area (Å²) in [5.41, 5.74) is 0.927. The first-order valence-electron chi connectivity index (χ1n) is 8.76. The van der Waals surface area contributed by atoms with Gasteiger partial charge in [-0.05, 0) is 25.0 Å². The van der Waals surface area contributed by atoms with Gasteiger partial charge in [-0.25, -0.2) is 4.98 Å². The molecule has 2 N–H and O–H groups in total. The smallest absolute Gasteiger partial charge is 0.287 e. The van der Waals surface area contributed by atoms with Gasteiger partial charge in [-0.2, -0.15) is 0 Å². The van der Waals surface area contributed by atoms with Crippen molar-refractivity contribution in [1.82, 2.24) is 20.0 Å². The van der Waals surface area contributed by atoms with Gasteiger partial charge in [-0.3, -0.25) is 14.0 Å². The van der Waals surface area contributed by atoms with Gasteiger partial charge in [0.2, 0.25) is 5.82 Å². The Labute approximate surface area is 146 Å². The van der Waals surface area contributed by atoms with Crippen molar-refractivity contribution in [1.29, 1.82) is 0 Å². The van der Waals surface area contributed by atoms with Crippen LogP contribution in [-0.4, -0.2) is 47.5 Å². The van der Waals surface area contributed by atoms with E-state index < -0.39 is 0 Å². The molecule has 2 amide bonds. The maximum absolute atomic E-state index is 12.7. The van der Waals surface area contributed by atoms with Crippen LogP contribution in [0.1, 0.15) is 53.2 Å². The fourth-order valence-corrected chi connectivity index (χ4v) is 3.21.